The Hall–Kier alpha value is -1.70. The van der Waals surface area contributed by atoms with Crippen molar-refractivity contribution < 1.29 is 9.90 Å². The summed E-state index contributed by atoms with van der Waals surface area (Å²) >= 11 is 0. The average molecular weight is 293 g/mol. The summed E-state index contributed by atoms with van der Waals surface area (Å²) in [6, 6.07) is 3.77. The molecule has 4 N–H and O–H groups in total. The van der Waals surface area contributed by atoms with E-state index >= 15 is 0 Å². The van der Waals surface area contributed by atoms with Crippen molar-refractivity contribution >= 4 is 17.4 Å². The van der Waals surface area contributed by atoms with E-state index in [0.29, 0.717) is 18.8 Å². The van der Waals surface area contributed by atoms with Gasteiger partial charge >= 0.3 is 0 Å². The summed E-state index contributed by atoms with van der Waals surface area (Å²) in [4.78, 5) is 20.2. The first-order chi connectivity index (χ1) is 10.2. The molecule has 7 heteroatoms. The summed E-state index contributed by atoms with van der Waals surface area (Å²) in [6.07, 6.45) is 2.08. The zero-order valence-corrected chi connectivity index (χ0v) is 12.2. The van der Waals surface area contributed by atoms with Crippen molar-refractivity contribution in [2.24, 2.45) is 5.73 Å². The molecule has 0 atom stereocenters. The molecule has 1 aliphatic heterocycles. The molecule has 116 valence electrons. The number of β-amino-alcohol motifs (C(OH)–C–C–N with tert-alkyl or cyclic N) is 1. The van der Waals surface area contributed by atoms with Crippen molar-refractivity contribution in [1.29, 1.82) is 0 Å². The first-order valence-corrected chi connectivity index (χ1v) is 7.27. The standard InChI is InChI=1S/C14H23N5O2/c15-4-3-14(21)17-13-2-1-12(11-16-13)19-7-5-18(6-8-19)9-10-20/h1-2,11,20H,3-10,15H2,(H,16,17,21). The van der Waals surface area contributed by atoms with Crippen LogP contribution in [0, 0.1) is 0 Å². The molecule has 1 aromatic heterocycles. The van der Waals surface area contributed by atoms with Crippen LogP contribution in [0.5, 0.6) is 0 Å². The molecule has 0 aromatic carbocycles. The van der Waals surface area contributed by atoms with Crippen molar-refractivity contribution in [2.45, 2.75) is 6.42 Å². The van der Waals surface area contributed by atoms with E-state index < -0.39 is 0 Å². The van der Waals surface area contributed by atoms with Gasteiger partial charge in [0.1, 0.15) is 5.82 Å². The third-order valence-corrected chi connectivity index (χ3v) is 3.54. The van der Waals surface area contributed by atoms with Gasteiger partial charge in [-0.3, -0.25) is 9.69 Å². The zero-order valence-electron chi connectivity index (χ0n) is 12.2. The first-order valence-electron chi connectivity index (χ1n) is 7.27. The number of anilines is 2. The molecule has 0 radical (unpaired) electrons. The molecule has 1 saturated heterocycles. The van der Waals surface area contributed by atoms with E-state index in [1.54, 1.807) is 6.20 Å². The normalized spacial score (nSPS) is 16.0. The number of aromatic nitrogens is 1. The quantitative estimate of drug-likeness (QED) is 0.653. The molecule has 1 aliphatic rings. The van der Waals surface area contributed by atoms with E-state index in [1.165, 1.54) is 0 Å². The van der Waals surface area contributed by atoms with Crippen LogP contribution in [0.2, 0.25) is 0 Å². The third kappa shape index (κ3) is 4.66. The summed E-state index contributed by atoms with van der Waals surface area (Å²) in [5.74, 6) is 0.437. The number of rotatable bonds is 6. The molecule has 0 unspecified atom stereocenters. The number of carbonyl (C=O) groups is 1. The molecule has 21 heavy (non-hydrogen) atoms. The van der Waals surface area contributed by atoms with E-state index in [4.69, 9.17) is 10.8 Å². The second kappa shape index (κ2) is 7.92. The van der Waals surface area contributed by atoms with Gasteiger partial charge in [0.15, 0.2) is 0 Å². The fraction of sp³-hybridized carbons (Fsp3) is 0.571. The molecular formula is C14H23N5O2. The summed E-state index contributed by atoms with van der Waals surface area (Å²) < 4.78 is 0. The molecule has 7 nitrogen and oxygen atoms in total. The molecule has 0 aliphatic carbocycles. The molecule has 1 fully saturated rings. The minimum atomic E-state index is -0.115. The van der Waals surface area contributed by atoms with Gasteiger partial charge in [0.2, 0.25) is 5.91 Å². The highest BCUT2D eigenvalue weighted by Crippen LogP contribution is 2.17. The number of pyridine rings is 1. The van der Waals surface area contributed by atoms with Crippen LogP contribution in [0.25, 0.3) is 0 Å². The van der Waals surface area contributed by atoms with Gasteiger partial charge < -0.3 is 21.1 Å². The van der Waals surface area contributed by atoms with Crippen LogP contribution >= 0.6 is 0 Å². The van der Waals surface area contributed by atoms with Crippen LogP contribution in [0.1, 0.15) is 6.42 Å². The molecule has 2 heterocycles. The number of hydrogen-bond acceptors (Lipinski definition) is 6. The van der Waals surface area contributed by atoms with Crippen molar-refractivity contribution in [2.75, 3.05) is 56.1 Å². The van der Waals surface area contributed by atoms with Crippen LogP contribution in [-0.4, -0.2) is 66.8 Å². The maximum Gasteiger partial charge on any atom is 0.226 e. The van der Waals surface area contributed by atoms with Crippen molar-refractivity contribution in [3.8, 4) is 0 Å². The van der Waals surface area contributed by atoms with Crippen LogP contribution < -0.4 is 16.0 Å². The Morgan fingerprint density at radius 2 is 2.10 bits per heavy atom. The number of aliphatic hydroxyl groups is 1. The molecule has 0 spiro atoms. The fourth-order valence-electron chi connectivity index (χ4n) is 2.35. The van der Waals surface area contributed by atoms with Gasteiger partial charge in [-0.05, 0) is 12.1 Å². The Labute approximate surface area is 124 Å². The fourth-order valence-corrected chi connectivity index (χ4v) is 2.35. The number of nitrogens with zero attached hydrogens (tertiary/aromatic N) is 3. The summed E-state index contributed by atoms with van der Waals surface area (Å²) in [5, 5.41) is 11.6. The van der Waals surface area contributed by atoms with Crippen molar-refractivity contribution in [1.82, 2.24) is 9.88 Å². The smallest absolute Gasteiger partial charge is 0.226 e. The Morgan fingerprint density at radius 3 is 2.67 bits per heavy atom. The number of nitrogens with two attached hydrogens (primary N) is 1. The zero-order chi connectivity index (χ0) is 15.1. The topological polar surface area (TPSA) is 94.7 Å². The van der Waals surface area contributed by atoms with Gasteiger partial charge in [0.05, 0.1) is 18.5 Å². The van der Waals surface area contributed by atoms with Gasteiger partial charge in [-0.2, -0.15) is 0 Å². The van der Waals surface area contributed by atoms with Crippen molar-refractivity contribution in [3.63, 3.8) is 0 Å². The predicted molar refractivity (Wildman–Crippen MR) is 82.3 cm³/mol. The number of piperazine rings is 1. The average Bonchev–Trinajstić information content (AvgIpc) is 2.49. The second-order valence-electron chi connectivity index (χ2n) is 5.04. The van der Waals surface area contributed by atoms with E-state index in [0.717, 1.165) is 38.4 Å². The highest BCUT2D eigenvalue weighted by atomic mass is 16.3. The number of carbonyl (C=O) groups excluding carboxylic acids is 1. The molecule has 2 rings (SSSR count). The molecule has 0 bridgehead atoms. The van der Waals surface area contributed by atoms with Gasteiger partial charge in [-0.25, -0.2) is 4.98 Å². The van der Waals surface area contributed by atoms with E-state index in [2.05, 4.69) is 20.1 Å². The second-order valence-corrected chi connectivity index (χ2v) is 5.04. The van der Waals surface area contributed by atoms with E-state index in [9.17, 15) is 4.79 Å². The highest BCUT2D eigenvalue weighted by Gasteiger charge is 2.16. The van der Waals surface area contributed by atoms with Gasteiger partial charge in [-0.1, -0.05) is 0 Å². The first kappa shape index (κ1) is 15.7. The van der Waals surface area contributed by atoms with E-state index in [-0.39, 0.29) is 12.5 Å². The van der Waals surface area contributed by atoms with Gasteiger partial charge in [-0.15, -0.1) is 0 Å². The minimum absolute atomic E-state index is 0.115. The Bertz CT molecular complexity index is 443. The van der Waals surface area contributed by atoms with Crippen LogP contribution in [-0.2, 0) is 4.79 Å². The largest absolute Gasteiger partial charge is 0.395 e. The van der Waals surface area contributed by atoms with Crippen molar-refractivity contribution in [3.05, 3.63) is 18.3 Å². The number of amides is 1. The summed E-state index contributed by atoms with van der Waals surface area (Å²) in [5.41, 5.74) is 6.38. The lowest BCUT2D eigenvalue weighted by molar-refractivity contribution is -0.116. The molecule has 0 saturated carbocycles. The maximum atomic E-state index is 11.4. The van der Waals surface area contributed by atoms with Crippen LogP contribution in [0.3, 0.4) is 0 Å². The summed E-state index contributed by atoms with van der Waals surface area (Å²) in [7, 11) is 0. The molecule has 1 amide bonds. The van der Waals surface area contributed by atoms with Gasteiger partial charge in [0.25, 0.3) is 0 Å². The molecule has 1 aromatic rings. The monoisotopic (exact) mass is 293 g/mol. The Kier molecular flexibility index (Phi) is 5.91. The Morgan fingerprint density at radius 1 is 1.33 bits per heavy atom. The highest BCUT2D eigenvalue weighted by molar-refractivity contribution is 5.89. The number of hydrogen-bond donors (Lipinski definition) is 3. The Balaban J connectivity index is 1.86. The SMILES string of the molecule is NCCC(=O)Nc1ccc(N2CCN(CCO)CC2)cn1. The minimum Gasteiger partial charge on any atom is -0.395 e. The van der Waals surface area contributed by atoms with Crippen LogP contribution in [0.15, 0.2) is 18.3 Å². The third-order valence-electron chi connectivity index (χ3n) is 3.54. The van der Waals surface area contributed by atoms with Gasteiger partial charge in [0, 0.05) is 45.7 Å². The van der Waals surface area contributed by atoms with E-state index in [1.807, 2.05) is 12.1 Å². The maximum absolute atomic E-state index is 11.4. The number of nitrogens with one attached hydrogen (secondary N) is 1. The van der Waals surface area contributed by atoms with Crippen LogP contribution in [0.4, 0.5) is 11.5 Å². The number of aliphatic hydroxyl groups excluding tert-OH is 1. The lowest BCUT2D eigenvalue weighted by Gasteiger charge is -2.35. The molecular weight excluding hydrogens is 270 g/mol. The summed E-state index contributed by atoms with van der Waals surface area (Å²) in [6.45, 7) is 4.99. The predicted octanol–water partition coefficient (Wildman–Crippen LogP) is -0.517. The lowest BCUT2D eigenvalue weighted by Crippen LogP contribution is -2.47. The lowest BCUT2D eigenvalue weighted by atomic mass is 10.2.